The summed E-state index contributed by atoms with van der Waals surface area (Å²) in [5.41, 5.74) is 6.33. The Morgan fingerprint density at radius 2 is 2.17 bits per heavy atom. The predicted molar refractivity (Wildman–Crippen MR) is 71.4 cm³/mol. The zero-order chi connectivity index (χ0) is 13.4. The van der Waals surface area contributed by atoms with Gasteiger partial charge >= 0.3 is 0 Å². The Bertz CT molecular complexity index is 330. The van der Waals surface area contributed by atoms with Gasteiger partial charge in [0.05, 0.1) is 31.6 Å². The van der Waals surface area contributed by atoms with Gasteiger partial charge in [-0.2, -0.15) is 5.10 Å². The molecule has 104 valence electrons. The van der Waals surface area contributed by atoms with E-state index in [1.165, 1.54) is 0 Å². The quantitative estimate of drug-likeness (QED) is 0.695. The second-order valence-corrected chi connectivity index (χ2v) is 4.37. The summed E-state index contributed by atoms with van der Waals surface area (Å²) >= 11 is 0. The number of nitrogens with two attached hydrogens (primary N) is 1. The van der Waals surface area contributed by atoms with Gasteiger partial charge in [-0.3, -0.25) is 9.58 Å². The first kappa shape index (κ1) is 14.9. The van der Waals surface area contributed by atoms with E-state index in [-0.39, 0.29) is 0 Å². The van der Waals surface area contributed by atoms with Crippen LogP contribution in [-0.2, 0) is 16.0 Å². The molecular formula is C12H24N4O2. The van der Waals surface area contributed by atoms with Crippen molar-refractivity contribution >= 4 is 5.69 Å². The molecule has 0 aliphatic rings. The molecule has 0 saturated carbocycles. The lowest BCUT2D eigenvalue weighted by atomic mass is 10.3. The molecule has 1 aromatic rings. The summed E-state index contributed by atoms with van der Waals surface area (Å²) < 4.78 is 12.2. The highest BCUT2D eigenvalue weighted by Crippen LogP contribution is 2.02. The normalized spacial score (nSPS) is 13.1. The van der Waals surface area contributed by atoms with Crippen molar-refractivity contribution < 1.29 is 9.47 Å². The van der Waals surface area contributed by atoms with Crippen molar-refractivity contribution in [1.82, 2.24) is 14.7 Å². The summed E-state index contributed by atoms with van der Waals surface area (Å²) in [5, 5.41) is 4.18. The third-order valence-electron chi connectivity index (χ3n) is 2.88. The van der Waals surface area contributed by atoms with Crippen molar-refractivity contribution in [3.8, 4) is 0 Å². The highest BCUT2D eigenvalue weighted by atomic mass is 16.5. The van der Waals surface area contributed by atoms with E-state index in [1.807, 2.05) is 10.9 Å². The van der Waals surface area contributed by atoms with Gasteiger partial charge in [0.2, 0.25) is 0 Å². The number of hydrogen-bond acceptors (Lipinski definition) is 5. The maximum Gasteiger partial charge on any atom is 0.0719 e. The molecule has 1 heterocycles. The fourth-order valence-electron chi connectivity index (χ4n) is 1.84. The maximum atomic E-state index is 5.64. The number of nitrogen functional groups attached to an aromatic ring is 1. The topological polar surface area (TPSA) is 65.5 Å². The van der Waals surface area contributed by atoms with E-state index in [0.717, 1.165) is 26.2 Å². The lowest BCUT2D eigenvalue weighted by Gasteiger charge is -2.28. The summed E-state index contributed by atoms with van der Waals surface area (Å²) in [6.45, 7) is 6.18. The van der Waals surface area contributed by atoms with Crippen LogP contribution < -0.4 is 5.73 Å². The zero-order valence-electron chi connectivity index (χ0n) is 11.5. The van der Waals surface area contributed by atoms with Gasteiger partial charge in [0.1, 0.15) is 0 Å². The van der Waals surface area contributed by atoms with E-state index in [2.05, 4.69) is 16.9 Å². The van der Waals surface area contributed by atoms with E-state index in [4.69, 9.17) is 15.2 Å². The van der Waals surface area contributed by atoms with Crippen molar-refractivity contribution in [3.05, 3.63) is 12.4 Å². The Morgan fingerprint density at radius 1 is 1.39 bits per heavy atom. The molecular weight excluding hydrogens is 232 g/mol. The van der Waals surface area contributed by atoms with Crippen molar-refractivity contribution in [1.29, 1.82) is 0 Å². The van der Waals surface area contributed by atoms with Crippen molar-refractivity contribution in [3.63, 3.8) is 0 Å². The second-order valence-electron chi connectivity index (χ2n) is 4.37. The molecule has 6 heteroatoms. The minimum Gasteiger partial charge on any atom is -0.396 e. The van der Waals surface area contributed by atoms with E-state index in [1.54, 1.807) is 20.4 Å². The van der Waals surface area contributed by atoms with Crippen LogP contribution in [-0.4, -0.2) is 61.2 Å². The van der Waals surface area contributed by atoms with E-state index in [9.17, 15) is 0 Å². The van der Waals surface area contributed by atoms with Crippen LogP contribution in [0.4, 0.5) is 5.69 Å². The molecule has 1 rings (SSSR count). The van der Waals surface area contributed by atoms with E-state index >= 15 is 0 Å². The third-order valence-corrected chi connectivity index (χ3v) is 2.88. The molecule has 2 N–H and O–H groups in total. The number of anilines is 1. The summed E-state index contributed by atoms with van der Waals surface area (Å²) in [6, 6.07) is 0.359. The number of nitrogens with zero attached hydrogens (tertiary/aromatic N) is 3. The van der Waals surface area contributed by atoms with Crippen LogP contribution in [0.25, 0.3) is 0 Å². The van der Waals surface area contributed by atoms with Crippen molar-refractivity contribution in [2.45, 2.75) is 19.5 Å². The van der Waals surface area contributed by atoms with Crippen LogP contribution in [0.3, 0.4) is 0 Å². The Balaban J connectivity index is 2.44. The standard InChI is InChI=1S/C12H24N4O2/c1-11(10-18-3)15(6-7-17-2)4-5-16-9-12(13)8-14-16/h8-9,11H,4-7,10,13H2,1-3H3. The van der Waals surface area contributed by atoms with Gasteiger partial charge in [-0.25, -0.2) is 0 Å². The van der Waals surface area contributed by atoms with Gasteiger partial charge < -0.3 is 15.2 Å². The molecule has 0 amide bonds. The Kier molecular flexibility index (Phi) is 6.70. The van der Waals surface area contributed by atoms with Crippen LogP contribution in [0.15, 0.2) is 12.4 Å². The van der Waals surface area contributed by atoms with Gasteiger partial charge in [0.15, 0.2) is 0 Å². The number of ether oxygens (including phenoxy) is 2. The van der Waals surface area contributed by atoms with Gasteiger partial charge in [-0.1, -0.05) is 0 Å². The van der Waals surface area contributed by atoms with Crippen LogP contribution in [0.5, 0.6) is 0 Å². The molecule has 1 unspecified atom stereocenters. The minimum absolute atomic E-state index is 0.359. The summed E-state index contributed by atoms with van der Waals surface area (Å²) in [4.78, 5) is 2.32. The number of hydrogen-bond donors (Lipinski definition) is 1. The molecule has 0 aliphatic heterocycles. The number of aromatic nitrogens is 2. The molecule has 18 heavy (non-hydrogen) atoms. The zero-order valence-corrected chi connectivity index (χ0v) is 11.5. The lowest BCUT2D eigenvalue weighted by molar-refractivity contribution is 0.0723. The van der Waals surface area contributed by atoms with Crippen molar-refractivity contribution in [2.75, 3.05) is 46.3 Å². The summed E-state index contributed by atoms with van der Waals surface area (Å²) in [5.74, 6) is 0. The van der Waals surface area contributed by atoms with E-state index in [0.29, 0.717) is 18.3 Å². The SMILES string of the molecule is COCCN(CCn1cc(N)cn1)C(C)COC. The van der Waals surface area contributed by atoms with Crippen LogP contribution in [0.2, 0.25) is 0 Å². The van der Waals surface area contributed by atoms with Gasteiger partial charge in [-0.05, 0) is 6.92 Å². The second kappa shape index (κ2) is 8.07. The first-order chi connectivity index (χ1) is 8.67. The first-order valence-electron chi connectivity index (χ1n) is 6.17. The molecule has 0 bridgehead atoms. The molecule has 0 spiro atoms. The summed E-state index contributed by atoms with van der Waals surface area (Å²) in [7, 11) is 3.44. The molecule has 0 saturated heterocycles. The highest BCUT2D eigenvalue weighted by molar-refractivity contribution is 5.30. The third kappa shape index (κ3) is 5.03. The molecule has 1 aromatic heterocycles. The number of rotatable bonds is 9. The largest absolute Gasteiger partial charge is 0.396 e. The molecule has 1 atom stereocenters. The summed E-state index contributed by atoms with van der Waals surface area (Å²) in [6.07, 6.45) is 3.51. The Morgan fingerprint density at radius 3 is 2.72 bits per heavy atom. The van der Waals surface area contributed by atoms with Crippen LogP contribution in [0, 0.1) is 0 Å². The van der Waals surface area contributed by atoms with Crippen LogP contribution in [0.1, 0.15) is 6.92 Å². The maximum absolute atomic E-state index is 5.64. The molecule has 6 nitrogen and oxygen atoms in total. The fraction of sp³-hybridized carbons (Fsp3) is 0.750. The monoisotopic (exact) mass is 256 g/mol. The van der Waals surface area contributed by atoms with E-state index < -0.39 is 0 Å². The highest BCUT2D eigenvalue weighted by Gasteiger charge is 2.13. The van der Waals surface area contributed by atoms with Crippen LogP contribution >= 0.6 is 0 Å². The lowest BCUT2D eigenvalue weighted by Crippen LogP contribution is -2.40. The Labute approximate surface area is 109 Å². The molecule has 0 aliphatic carbocycles. The minimum atomic E-state index is 0.359. The first-order valence-corrected chi connectivity index (χ1v) is 6.17. The molecule has 0 aromatic carbocycles. The predicted octanol–water partition coefficient (Wildman–Crippen LogP) is 0.449. The average molecular weight is 256 g/mol. The van der Waals surface area contributed by atoms with Gasteiger partial charge in [0, 0.05) is 39.5 Å². The van der Waals surface area contributed by atoms with Gasteiger partial charge in [-0.15, -0.1) is 0 Å². The smallest absolute Gasteiger partial charge is 0.0719 e. The fourth-order valence-corrected chi connectivity index (χ4v) is 1.84. The van der Waals surface area contributed by atoms with Gasteiger partial charge in [0.25, 0.3) is 0 Å². The average Bonchev–Trinajstić information content (AvgIpc) is 2.75. The van der Waals surface area contributed by atoms with Crippen molar-refractivity contribution in [2.24, 2.45) is 0 Å². The molecule has 0 radical (unpaired) electrons. The number of methoxy groups -OCH3 is 2. The molecule has 0 fully saturated rings. The Hall–Kier alpha value is -1.11.